The van der Waals surface area contributed by atoms with Crippen molar-refractivity contribution in [3.63, 3.8) is 0 Å². The normalized spacial score (nSPS) is 10.4. The van der Waals surface area contributed by atoms with E-state index in [1.807, 2.05) is 6.92 Å². The zero-order chi connectivity index (χ0) is 14.9. The van der Waals surface area contributed by atoms with Gasteiger partial charge in [0.25, 0.3) is 0 Å². The van der Waals surface area contributed by atoms with E-state index in [2.05, 4.69) is 22.6 Å². The van der Waals surface area contributed by atoms with Crippen molar-refractivity contribution < 1.29 is 13.9 Å². The summed E-state index contributed by atoms with van der Waals surface area (Å²) in [6.45, 7) is 1.88. The molecule has 0 radical (unpaired) electrons. The summed E-state index contributed by atoms with van der Waals surface area (Å²) in [4.78, 5) is 11.7. The molecule has 0 atom stereocenters. The SMILES string of the molecule is COC(=O)c1cc(C)c(-c2ccc(F)cc2)c(I)c1N. The third kappa shape index (κ3) is 2.63. The molecule has 0 amide bonds. The number of rotatable bonds is 2. The van der Waals surface area contributed by atoms with E-state index in [4.69, 9.17) is 10.5 Å². The Balaban J connectivity index is 2.64. The van der Waals surface area contributed by atoms with Crippen molar-refractivity contribution in [2.75, 3.05) is 12.8 Å². The van der Waals surface area contributed by atoms with Crippen molar-refractivity contribution in [1.29, 1.82) is 0 Å². The summed E-state index contributed by atoms with van der Waals surface area (Å²) in [5.74, 6) is -0.755. The Morgan fingerprint density at radius 1 is 1.30 bits per heavy atom. The standard InChI is InChI=1S/C15H13FINO2/c1-8-7-11(15(19)20-2)14(18)13(17)12(8)9-3-5-10(16)6-4-9/h3-7H,18H2,1-2H3. The van der Waals surface area contributed by atoms with Gasteiger partial charge in [-0.05, 0) is 58.8 Å². The lowest BCUT2D eigenvalue weighted by atomic mass is 9.97. The molecule has 0 aliphatic rings. The predicted octanol–water partition coefficient (Wildman–Crippen LogP) is 3.77. The number of methoxy groups -OCH3 is 1. The number of aryl methyl sites for hydroxylation is 1. The number of benzene rings is 2. The molecule has 0 bridgehead atoms. The minimum absolute atomic E-state index is 0.291. The van der Waals surface area contributed by atoms with Gasteiger partial charge in [-0.25, -0.2) is 9.18 Å². The summed E-state index contributed by atoms with van der Waals surface area (Å²) in [5.41, 5.74) is 9.38. The lowest BCUT2D eigenvalue weighted by Gasteiger charge is -2.14. The van der Waals surface area contributed by atoms with Crippen LogP contribution in [0.5, 0.6) is 0 Å². The molecular weight excluding hydrogens is 372 g/mol. The molecule has 5 heteroatoms. The first-order chi connectivity index (χ1) is 9.45. The molecule has 0 unspecified atom stereocenters. The summed E-state index contributed by atoms with van der Waals surface area (Å²) in [6, 6.07) is 7.88. The second kappa shape index (κ2) is 5.78. The number of hydrogen-bond acceptors (Lipinski definition) is 3. The quantitative estimate of drug-likeness (QED) is 0.487. The fourth-order valence-corrected chi connectivity index (χ4v) is 3.07. The topological polar surface area (TPSA) is 52.3 Å². The second-order valence-corrected chi connectivity index (χ2v) is 5.42. The maximum atomic E-state index is 13.0. The van der Waals surface area contributed by atoms with E-state index in [9.17, 15) is 9.18 Å². The van der Waals surface area contributed by atoms with Crippen molar-refractivity contribution in [3.8, 4) is 11.1 Å². The molecule has 104 valence electrons. The minimum atomic E-state index is -0.464. The van der Waals surface area contributed by atoms with Crippen LogP contribution in [-0.2, 0) is 4.74 Å². The summed E-state index contributed by atoms with van der Waals surface area (Å²) in [5, 5.41) is 0. The lowest BCUT2D eigenvalue weighted by molar-refractivity contribution is 0.0602. The molecule has 0 aliphatic carbocycles. The molecule has 20 heavy (non-hydrogen) atoms. The van der Waals surface area contributed by atoms with E-state index in [1.54, 1.807) is 18.2 Å². The Morgan fingerprint density at radius 3 is 2.45 bits per heavy atom. The molecule has 0 aliphatic heterocycles. The second-order valence-electron chi connectivity index (χ2n) is 4.34. The highest BCUT2D eigenvalue weighted by Gasteiger charge is 2.18. The molecule has 0 saturated heterocycles. The van der Waals surface area contributed by atoms with Gasteiger partial charge in [-0.1, -0.05) is 12.1 Å². The zero-order valence-electron chi connectivity index (χ0n) is 11.0. The number of hydrogen-bond donors (Lipinski definition) is 1. The van der Waals surface area contributed by atoms with E-state index in [-0.39, 0.29) is 5.82 Å². The van der Waals surface area contributed by atoms with E-state index < -0.39 is 5.97 Å². The van der Waals surface area contributed by atoms with E-state index >= 15 is 0 Å². The first kappa shape index (κ1) is 14.8. The highest BCUT2D eigenvalue weighted by molar-refractivity contribution is 14.1. The molecule has 0 fully saturated rings. The Hall–Kier alpha value is -1.63. The number of nitrogen functional groups attached to an aromatic ring is 1. The summed E-state index contributed by atoms with van der Waals surface area (Å²) >= 11 is 2.09. The summed E-state index contributed by atoms with van der Waals surface area (Å²) < 4.78 is 18.5. The van der Waals surface area contributed by atoms with Gasteiger partial charge in [-0.3, -0.25) is 0 Å². The van der Waals surface area contributed by atoms with Crippen LogP contribution in [0.15, 0.2) is 30.3 Å². The van der Waals surface area contributed by atoms with Crippen LogP contribution in [0.2, 0.25) is 0 Å². The average Bonchev–Trinajstić information content (AvgIpc) is 2.44. The zero-order valence-corrected chi connectivity index (χ0v) is 13.2. The molecular formula is C15H13FINO2. The van der Waals surface area contributed by atoms with E-state index in [0.717, 1.165) is 20.3 Å². The maximum absolute atomic E-state index is 13.0. The van der Waals surface area contributed by atoms with Gasteiger partial charge in [-0.15, -0.1) is 0 Å². The van der Waals surface area contributed by atoms with Gasteiger partial charge in [0.2, 0.25) is 0 Å². The molecule has 0 heterocycles. The fraction of sp³-hybridized carbons (Fsp3) is 0.133. The molecule has 2 rings (SSSR count). The van der Waals surface area contributed by atoms with Gasteiger partial charge in [0.05, 0.1) is 18.4 Å². The third-order valence-corrected chi connectivity index (χ3v) is 4.16. The van der Waals surface area contributed by atoms with Crippen LogP contribution in [-0.4, -0.2) is 13.1 Å². The number of carbonyl (C=O) groups excluding carboxylic acids is 1. The number of carbonyl (C=O) groups is 1. The lowest BCUT2D eigenvalue weighted by Crippen LogP contribution is -2.09. The summed E-state index contributed by atoms with van der Waals surface area (Å²) in [6.07, 6.45) is 0. The van der Waals surface area contributed by atoms with E-state index in [1.165, 1.54) is 19.2 Å². The molecule has 0 aromatic heterocycles. The largest absolute Gasteiger partial charge is 0.465 e. The Morgan fingerprint density at radius 2 is 1.90 bits per heavy atom. The molecule has 3 nitrogen and oxygen atoms in total. The number of esters is 1. The van der Waals surface area contributed by atoms with Crippen molar-refractivity contribution in [3.05, 3.63) is 50.8 Å². The van der Waals surface area contributed by atoms with Crippen LogP contribution in [0.4, 0.5) is 10.1 Å². The Bertz CT molecular complexity index is 669. The van der Waals surface area contributed by atoms with Crippen LogP contribution in [0, 0.1) is 16.3 Å². The van der Waals surface area contributed by atoms with Crippen LogP contribution in [0.3, 0.4) is 0 Å². The first-order valence-corrected chi connectivity index (χ1v) is 6.96. The Kier molecular flexibility index (Phi) is 4.27. The van der Waals surface area contributed by atoms with Gasteiger partial charge >= 0.3 is 5.97 Å². The summed E-state index contributed by atoms with van der Waals surface area (Å²) in [7, 11) is 1.32. The van der Waals surface area contributed by atoms with Crippen molar-refractivity contribution >= 4 is 34.2 Å². The first-order valence-electron chi connectivity index (χ1n) is 5.88. The van der Waals surface area contributed by atoms with Gasteiger partial charge < -0.3 is 10.5 Å². The van der Waals surface area contributed by atoms with Crippen LogP contribution in [0.1, 0.15) is 15.9 Å². The van der Waals surface area contributed by atoms with Gasteiger partial charge in [-0.2, -0.15) is 0 Å². The third-order valence-electron chi connectivity index (χ3n) is 3.04. The highest BCUT2D eigenvalue weighted by atomic mass is 127. The van der Waals surface area contributed by atoms with E-state index in [0.29, 0.717) is 11.3 Å². The Labute approximate surface area is 130 Å². The van der Waals surface area contributed by atoms with Crippen molar-refractivity contribution in [1.82, 2.24) is 0 Å². The average molecular weight is 385 g/mol. The van der Waals surface area contributed by atoms with Crippen LogP contribution in [0.25, 0.3) is 11.1 Å². The van der Waals surface area contributed by atoms with Crippen molar-refractivity contribution in [2.45, 2.75) is 6.92 Å². The predicted molar refractivity (Wildman–Crippen MR) is 85.0 cm³/mol. The highest BCUT2D eigenvalue weighted by Crippen LogP contribution is 2.35. The van der Waals surface area contributed by atoms with Gasteiger partial charge in [0, 0.05) is 9.13 Å². The fourth-order valence-electron chi connectivity index (χ4n) is 2.04. The number of anilines is 1. The number of nitrogens with two attached hydrogens (primary N) is 1. The molecule has 2 N–H and O–H groups in total. The van der Waals surface area contributed by atoms with Crippen LogP contribution >= 0.6 is 22.6 Å². The number of ether oxygens (including phenoxy) is 1. The number of halogens is 2. The van der Waals surface area contributed by atoms with Gasteiger partial charge in [0.1, 0.15) is 5.82 Å². The van der Waals surface area contributed by atoms with Gasteiger partial charge in [0.15, 0.2) is 0 Å². The monoisotopic (exact) mass is 385 g/mol. The molecule has 0 spiro atoms. The molecule has 2 aromatic rings. The minimum Gasteiger partial charge on any atom is -0.465 e. The smallest absolute Gasteiger partial charge is 0.340 e. The van der Waals surface area contributed by atoms with Crippen LogP contribution < -0.4 is 5.73 Å². The molecule has 0 saturated carbocycles. The molecule has 2 aromatic carbocycles. The van der Waals surface area contributed by atoms with Crippen molar-refractivity contribution in [2.24, 2.45) is 0 Å². The maximum Gasteiger partial charge on any atom is 0.340 e.